The van der Waals surface area contributed by atoms with Crippen molar-refractivity contribution in [3.8, 4) is 0 Å². The summed E-state index contributed by atoms with van der Waals surface area (Å²) in [5.74, 6) is 0. The van der Waals surface area contributed by atoms with Gasteiger partial charge in [-0.15, -0.1) is 0 Å². The Hall–Kier alpha value is -0.860. The van der Waals surface area contributed by atoms with E-state index in [0.717, 1.165) is 26.2 Å². The van der Waals surface area contributed by atoms with Crippen LogP contribution in [0.3, 0.4) is 0 Å². The normalized spacial score (nSPS) is 16.2. The van der Waals surface area contributed by atoms with Crippen molar-refractivity contribution >= 4 is 16.4 Å². The third kappa shape index (κ3) is 5.55. The molecule has 0 amide bonds. The average molecular weight is 240 g/mol. The summed E-state index contributed by atoms with van der Waals surface area (Å²) in [6, 6.07) is 0.968. The van der Waals surface area contributed by atoms with Crippen LogP contribution < -0.4 is 0 Å². The van der Waals surface area contributed by atoms with Gasteiger partial charge in [0.05, 0.1) is 28.3 Å². The van der Waals surface area contributed by atoms with E-state index in [-0.39, 0.29) is 0 Å². The number of ether oxygens (including phenoxy) is 1. The van der Waals surface area contributed by atoms with Gasteiger partial charge in [-0.2, -0.15) is 0 Å². The summed E-state index contributed by atoms with van der Waals surface area (Å²) >= 11 is 0. The zero-order valence-electron chi connectivity index (χ0n) is 9.26. The number of likely N-dealkylation sites (N-methyl/N-ethyl adjacent to an activating group) is 2. The summed E-state index contributed by atoms with van der Waals surface area (Å²) < 4.78 is 38.2. The molecule has 0 N–H and O–H groups in total. The van der Waals surface area contributed by atoms with Crippen molar-refractivity contribution in [3.05, 3.63) is 0 Å². The zero-order valence-corrected chi connectivity index (χ0v) is 10.1. The zero-order chi connectivity index (χ0) is 12.1. The number of nitrogens with zero attached hydrogens (tertiary/aromatic N) is 2. The van der Waals surface area contributed by atoms with Gasteiger partial charge in [-0.25, -0.2) is 17.9 Å². The molecule has 1 rings (SSSR count). The molecule has 1 heterocycles. The molecule has 0 aliphatic carbocycles. The fraction of sp³-hybridized carbons (Fsp3) is 0.857. The van der Waals surface area contributed by atoms with Gasteiger partial charge in [0.2, 0.25) is 10.4 Å². The summed E-state index contributed by atoms with van der Waals surface area (Å²) in [4.78, 5) is 2.10. The van der Waals surface area contributed by atoms with Crippen LogP contribution in [-0.2, 0) is 19.3 Å². The van der Waals surface area contributed by atoms with Crippen molar-refractivity contribution in [3.63, 3.8) is 0 Å². The van der Waals surface area contributed by atoms with Gasteiger partial charge < -0.3 is 9.29 Å². The van der Waals surface area contributed by atoms with E-state index in [2.05, 4.69) is 13.7 Å². The van der Waals surface area contributed by atoms with Crippen LogP contribution >= 0.6 is 0 Å². The molecule has 1 aliphatic heterocycles. The number of hydrogen-bond acceptors (Lipinski definition) is 6. The Kier molecular flexibility index (Phi) is 5.55. The van der Waals surface area contributed by atoms with Crippen molar-refractivity contribution in [2.45, 2.75) is 0 Å². The minimum absolute atomic E-state index is 0.808. The van der Waals surface area contributed by atoms with Crippen LogP contribution in [0.2, 0.25) is 0 Å². The molecule has 0 aromatic carbocycles. The highest BCUT2D eigenvalue weighted by Crippen LogP contribution is 1.95. The lowest BCUT2D eigenvalue weighted by atomic mass is 10.6. The molecule has 0 bridgehead atoms. The van der Waals surface area contributed by atoms with Crippen molar-refractivity contribution < 1.29 is 26.5 Å². The molecule has 0 unspecified atom stereocenters. The maximum Gasteiger partial charge on any atom is 0.445 e. The second kappa shape index (κ2) is 5.89. The number of hydrogen-bond donors (Lipinski definition) is 0. The van der Waals surface area contributed by atoms with E-state index in [1.807, 2.05) is 14.1 Å². The highest BCUT2D eigenvalue weighted by Gasteiger charge is 2.24. The molecule has 7 nitrogen and oxygen atoms in total. The maximum absolute atomic E-state index is 9.22. The van der Waals surface area contributed by atoms with Crippen molar-refractivity contribution in [2.75, 3.05) is 41.4 Å². The van der Waals surface area contributed by atoms with Gasteiger partial charge in [0.1, 0.15) is 13.1 Å². The van der Waals surface area contributed by atoms with Gasteiger partial charge in [0.15, 0.2) is 0 Å². The molecule has 0 spiro atoms. The Morgan fingerprint density at radius 2 is 1.93 bits per heavy atom. The molecule has 0 saturated heterocycles. The first kappa shape index (κ1) is 14.1. The van der Waals surface area contributed by atoms with Crippen LogP contribution in [-0.4, -0.2) is 69.9 Å². The molecule has 8 heteroatoms. The maximum atomic E-state index is 9.22. The number of methoxy groups -OCH3 is 1. The quantitative estimate of drug-likeness (QED) is 0.321. The SMILES string of the molecule is COC1=[N+](C)CCN1C.COS(=O)(=O)[O-]. The average Bonchev–Trinajstić information content (AvgIpc) is 2.46. The van der Waals surface area contributed by atoms with Gasteiger partial charge in [-0.3, -0.25) is 4.18 Å². The van der Waals surface area contributed by atoms with Crippen LogP contribution in [0.25, 0.3) is 0 Å². The molecule has 1 aliphatic rings. The van der Waals surface area contributed by atoms with Crippen LogP contribution in [0.5, 0.6) is 0 Å². The second-order valence-electron chi connectivity index (χ2n) is 2.90. The fourth-order valence-corrected chi connectivity index (χ4v) is 1.09. The fourth-order valence-electron chi connectivity index (χ4n) is 1.09. The third-order valence-electron chi connectivity index (χ3n) is 1.81. The minimum atomic E-state index is -4.41. The molecule has 0 aromatic heterocycles. The predicted octanol–water partition coefficient (Wildman–Crippen LogP) is -1.33. The first-order valence-corrected chi connectivity index (χ1v) is 5.49. The van der Waals surface area contributed by atoms with Gasteiger partial charge in [0, 0.05) is 0 Å². The largest absolute Gasteiger partial charge is 0.726 e. The van der Waals surface area contributed by atoms with Gasteiger partial charge >= 0.3 is 6.02 Å². The monoisotopic (exact) mass is 240 g/mol. The summed E-state index contributed by atoms with van der Waals surface area (Å²) in [6.45, 7) is 2.14. The Morgan fingerprint density at radius 1 is 1.47 bits per heavy atom. The molecule has 0 fully saturated rings. The Bertz CT molecular complexity index is 324. The number of amidine groups is 1. The lowest BCUT2D eigenvalue weighted by Crippen LogP contribution is -2.25. The van der Waals surface area contributed by atoms with E-state index >= 15 is 0 Å². The molecule has 0 aromatic rings. The van der Waals surface area contributed by atoms with Crippen molar-refractivity contribution in [2.24, 2.45) is 0 Å². The first-order valence-electron chi connectivity index (χ1n) is 4.16. The van der Waals surface area contributed by atoms with E-state index in [4.69, 9.17) is 4.74 Å². The van der Waals surface area contributed by atoms with Gasteiger partial charge in [-0.05, 0) is 0 Å². The second-order valence-corrected chi connectivity index (χ2v) is 4.05. The first-order chi connectivity index (χ1) is 6.81. The van der Waals surface area contributed by atoms with Crippen molar-refractivity contribution in [1.29, 1.82) is 0 Å². The molecular formula is C7H16N2O5S. The predicted molar refractivity (Wildman–Crippen MR) is 52.4 cm³/mol. The lowest BCUT2D eigenvalue weighted by molar-refractivity contribution is -0.495. The summed E-state index contributed by atoms with van der Waals surface area (Å²) in [6.07, 6.45) is 0. The molecular weight excluding hydrogens is 224 g/mol. The highest BCUT2D eigenvalue weighted by atomic mass is 32.3. The summed E-state index contributed by atoms with van der Waals surface area (Å²) in [5.41, 5.74) is 0. The molecule has 0 radical (unpaired) electrons. The topological polar surface area (TPSA) is 81.9 Å². The highest BCUT2D eigenvalue weighted by molar-refractivity contribution is 7.80. The van der Waals surface area contributed by atoms with E-state index in [1.54, 1.807) is 7.11 Å². The van der Waals surface area contributed by atoms with E-state index < -0.39 is 10.4 Å². The Labute approximate surface area is 89.9 Å². The van der Waals surface area contributed by atoms with Crippen LogP contribution in [0.1, 0.15) is 0 Å². The Morgan fingerprint density at radius 3 is 2.07 bits per heavy atom. The molecule has 90 valence electrons. The van der Waals surface area contributed by atoms with Crippen LogP contribution in [0, 0.1) is 0 Å². The summed E-state index contributed by atoms with van der Waals surface area (Å²) in [5, 5.41) is 0. The standard InChI is InChI=1S/C6H13N2O.CH4O4S/c1-7-4-5-8(2)6(7)9-3;1-5-6(2,3)4/h4-5H2,1-3H3;1H3,(H,2,3,4)/q+1;/p-1. The number of rotatable bonds is 1. The summed E-state index contributed by atoms with van der Waals surface area (Å²) in [7, 11) is 2.16. The Balaban J connectivity index is 0.000000288. The van der Waals surface area contributed by atoms with E-state index in [1.165, 1.54) is 0 Å². The molecule has 0 saturated carbocycles. The van der Waals surface area contributed by atoms with Gasteiger partial charge in [-0.1, -0.05) is 0 Å². The third-order valence-corrected chi connectivity index (χ3v) is 2.22. The van der Waals surface area contributed by atoms with E-state index in [0.29, 0.717) is 0 Å². The van der Waals surface area contributed by atoms with Crippen LogP contribution in [0.4, 0.5) is 0 Å². The minimum Gasteiger partial charge on any atom is -0.726 e. The van der Waals surface area contributed by atoms with Crippen molar-refractivity contribution in [1.82, 2.24) is 4.90 Å². The lowest BCUT2D eigenvalue weighted by Gasteiger charge is -2.02. The van der Waals surface area contributed by atoms with Gasteiger partial charge in [0.25, 0.3) is 0 Å². The van der Waals surface area contributed by atoms with E-state index in [9.17, 15) is 13.0 Å². The molecule has 0 atom stereocenters. The van der Waals surface area contributed by atoms with Crippen LogP contribution in [0.15, 0.2) is 0 Å². The molecule has 15 heavy (non-hydrogen) atoms. The smallest absolute Gasteiger partial charge is 0.445 e.